The predicted molar refractivity (Wildman–Crippen MR) is 81.2 cm³/mol. The summed E-state index contributed by atoms with van der Waals surface area (Å²) in [5.74, 6) is -3.08. The Kier molecular flexibility index (Phi) is 4.70. The SMILES string of the molecule is O=C(Cc1cccc(O)c1)C1C(O)=CC(O)=C/C1=N\P(=O)(O)O. The van der Waals surface area contributed by atoms with E-state index in [0.29, 0.717) is 5.56 Å². The summed E-state index contributed by atoms with van der Waals surface area (Å²) in [6, 6.07) is 5.89. The summed E-state index contributed by atoms with van der Waals surface area (Å²) in [4.78, 5) is 30.2. The lowest BCUT2D eigenvalue weighted by atomic mass is 9.88. The van der Waals surface area contributed by atoms with Gasteiger partial charge in [0.2, 0.25) is 0 Å². The number of Topliss-reactive ketones (excluding diaryl/α,β-unsaturated/α-hetero) is 1. The van der Waals surface area contributed by atoms with Crippen LogP contribution in [0.5, 0.6) is 5.75 Å². The van der Waals surface area contributed by atoms with E-state index in [1.54, 1.807) is 6.07 Å². The van der Waals surface area contributed by atoms with Gasteiger partial charge in [-0.3, -0.25) is 4.79 Å². The number of carbonyl (C=O) groups excluding carboxylic acids is 1. The van der Waals surface area contributed by atoms with E-state index in [0.717, 1.165) is 12.2 Å². The molecule has 0 aliphatic heterocycles. The number of aromatic hydroxyl groups is 1. The van der Waals surface area contributed by atoms with Crippen LogP contribution in [0.25, 0.3) is 0 Å². The van der Waals surface area contributed by atoms with Gasteiger partial charge in [-0.1, -0.05) is 12.1 Å². The molecule has 0 bridgehead atoms. The second-order valence-electron chi connectivity index (χ2n) is 4.92. The topological polar surface area (TPSA) is 148 Å². The van der Waals surface area contributed by atoms with Crippen molar-refractivity contribution in [2.24, 2.45) is 10.7 Å². The highest BCUT2D eigenvalue weighted by molar-refractivity contribution is 7.50. The van der Waals surface area contributed by atoms with Crippen molar-refractivity contribution in [3.63, 3.8) is 0 Å². The van der Waals surface area contributed by atoms with Crippen molar-refractivity contribution < 1.29 is 34.5 Å². The van der Waals surface area contributed by atoms with Gasteiger partial charge in [0.05, 0.1) is 5.71 Å². The molecule has 9 heteroatoms. The molecule has 0 amide bonds. The second-order valence-corrected chi connectivity index (χ2v) is 6.15. The summed E-state index contributed by atoms with van der Waals surface area (Å²) < 4.78 is 14.1. The Bertz CT molecular complexity index is 775. The van der Waals surface area contributed by atoms with Gasteiger partial charge in [-0.15, -0.1) is 0 Å². The van der Waals surface area contributed by atoms with Gasteiger partial charge in [0.15, 0.2) is 5.78 Å². The van der Waals surface area contributed by atoms with Crippen LogP contribution < -0.4 is 0 Å². The van der Waals surface area contributed by atoms with Crippen LogP contribution in [0.4, 0.5) is 0 Å². The van der Waals surface area contributed by atoms with Gasteiger partial charge < -0.3 is 25.1 Å². The molecule has 1 atom stereocenters. The number of phenols is 1. The van der Waals surface area contributed by atoms with Crippen molar-refractivity contribution in [1.82, 2.24) is 0 Å². The summed E-state index contributed by atoms with van der Waals surface area (Å²) >= 11 is 0. The fraction of sp³-hybridized carbons (Fsp3) is 0.143. The third-order valence-corrected chi connectivity index (χ3v) is 3.53. The lowest BCUT2D eigenvalue weighted by Crippen LogP contribution is -2.29. The minimum absolute atomic E-state index is 0.0413. The van der Waals surface area contributed by atoms with Gasteiger partial charge in [0.25, 0.3) is 0 Å². The maximum atomic E-state index is 12.4. The van der Waals surface area contributed by atoms with Crippen molar-refractivity contribution in [2.75, 3.05) is 0 Å². The molecule has 5 N–H and O–H groups in total. The molecule has 1 aromatic rings. The smallest absolute Gasteiger partial charge is 0.448 e. The summed E-state index contributed by atoms with van der Waals surface area (Å²) in [6.07, 6.45) is 1.61. The minimum Gasteiger partial charge on any atom is -0.511 e. The number of hydrogen-bond acceptors (Lipinski definition) is 5. The van der Waals surface area contributed by atoms with E-state index < -0.39 is 36.7 Å². The highest BCUT2D eigenvalue weighted by Crippen LogP contribution is 2.38. The Hall–Kier alpha value is -2.41. The average Bonchev–Trinajstić information content (AvgIpc) is 2.35. The number of aliphatic hydroxyl groups is 2. The second kappa shape index (κ2) is 6.37. The molecule has 122 valence electrons. The van der Waals surface area contributed by atoms with E-state index in [1.807, 2.05) is 0 Å². The Morgan fingerprint density at radius 2 is 1.87 bits per heavy atom. The number of hydrogen-bond donors (Lipinski definition) is 5. The first-order valence-corrected chi connectivity index (χ1v) is 8.00. The van der Waals surface area contributed by atoms with E-state index >= 15 is 0 Å². The van der Waals surface area contributed by atoms with Crippen molar-refractivity contribution in [1.29, 1.82) is 0 Å². The maximum Gasteiger partial charge on any atom is 0.448 e. The Morgan fingerprint density at radius 1 is 1.17 bits per heavy atom. The number of benzene rings is 1. The van der Waals surface area contributed by atoms with Crippen LogP contribution in [0.15, 0.2) is 52.7 Å². The largest absolute Gasteiger partial charge is 0.511 e. The molecular formula is C14H14NO7P. The molecule has 0 fully saturated rings. The summed E-state index contributed by atoms with van der Waals surface area (Å²) in [5, 5.41) is 28.7. The highest BCUT2D eigenvalue weighted by Gasteiger charge is 2.32. The molecule has 1 aromatic carbocycles. The van der Waals surface area contributed by atoms with Gasteiger partial charge in [-0.05, 0) is 17.7 Å². The zero-order chi connectivity index (χ0) is 17.2. The van der Waals surface area contributed by atoms with Crippen LogP contribution in [0, 0.1) is 5.92 Å². The van der Waals surface area contributed by atoms with Crippen LogP contribution in [0.1, 0.15) is 5.56 Å². The fourth-order valence-corrected chi connectivity index (χ4v) is 2.67. The molecular weight excluding hydrogens is 325 g/mol. The number of nitrogens with zero attached hydrogens (tertiary/aromatic N) is 1. The van der Waals surface area contributed by atoms with Gasteiger partial charge in [-0.2, -0.15) is 4.76 Å². The molecule has 0 aromatic heterocycles. The number of aliphatic hydroxyl groups excluding tert-OH is 2. The normalized spacial score (nSPS) is 20.1. The molecule has 0 saturated heterocycles. The molecule has 23 heavy (non-hydrogen) atoms. The molecule has 8 nitrogen and oxygen atoms in total. The lowest BCUT2D eigenvalue weighted by Gasteiger charge is -2.19. The number of allylic oxidation sites excluding steroid dienone is 3. The number of ketones is 1. The zero-order valence-corrected chi connectivity index (χ0v) is 12.6. The third-order valence-electron chi connectivity index (χ3n) is 3.04. The first-order valence-electron chi connectivity index (χ1n) is 6.43. The van der Waals surface area contributed by atoms with Gasteiger partial charge in [0, 0.05) is 18.6 Å². The number of rotatable bonds is 4. The van der Waals surface area contributed by atoms with E-state index in [9.17, 15) is 24.7 Å². The predicted octanol–water partition coefficient (Wildman–Crippen LogP) is 1.55. The molecule has 0 radical (unpaired) electrons. The van der Waals surface area contributed by atoms with Crippen LogP contribution in [-0.4, -0.2) is 36.6 Å². The standard InChI is InChI=1S/C14H14NO7P/c16-9-3-1-2-8(4-9)5-12(18)14-11(15-23(20,21)22)6-10(17)7-13(14)19/h1-4,6-7,14,16-17,19H,5H2,(H2,20,21,22)/b15-11+. The van der Waals surface area contributed by atoms with Crippen LogP contribution in [0.3, 0.4) is 0 Å². The highest BCUT2D eigenvalue weighted by atomic mass is 31.2. The number of carbonyl (C=O) groups is 1. The molecule has 1 unspecified atom stereocenters. The zero-order valence-electron chi connectivity index (χ0n) is 11.7. The van der Waals surface area contributed by atoms with Crippen molar-refractivity contribution in [3.05, 3.63) is 53.5 Å². The monoisotopic (exact) mass is 339 g/mol. The van der Waals surface area contributed by atoms with Gasteiger partial charge in [0.1, 0.15) is 23.2 Å². The molecule has 0 spiro atoms. The van der Waals surface area contributed by atoms with E-state index in [4.69, 9.17) is 9.79 Å². The first kappa shape index (κ1) is 17.0. The van der Waals surface area contributed by atoms with Crippen LogP contribution in [0.2, 0.25) is 0 Å². The Labute approximate surface area is 131 Å². The molecule has 0 heterocycles. The van der Waals surface area contributed by atoms with E-state index in [2.05, 4.69) is 4.76 Å². The fourth-order valence-electron chi connectivity index (χ4n) is 2.20. The summed E-state index contributed by atoms with van der Waals surface area (Å²) in [5.41, 5.74) is 0.0260. The molecule has 0 saturated carbocycles. The van der Waals surface area contributed by atoms with Gasteiger partial charge in [-0.25, -0.2) is 4.57 Å². The van der Waals surface area contributed by atoms with E-state index in [1.165, 1.54) is 18.2 Å². The molecule has 1 aliphatic carbocycles. The Morgan fingerprint density at radius 3 is 2.48 bits per heavy atom. The van der Waals surface area contributed by atoms with Gasteiger partial charge >= 0.3 is 7.75 Å². The van der Waals surface area contributed by atoms with Crippen molar-refractivity contribution >= 4 is 19.2 Å². The molecule has 1 aliphatic rings. The van der Waals surface area contributed by atoms with E-state index in [-0.39, 0.29) is 12.2 Å². The Balaban J connectivity index is 2.34. The van der Waals surface area contributed by atoms with Crippen LogP contribution in [-0.2, 0) is 15.8 Å². The third kappa shape index (κ3) is 4.53. The number of phenolic OH excluding ortho intramolecular Hbond substituents is 1. The lowest BCUT2D eigenvalue weighted by molar-refractivity contribution is -0.120. The van der Waals surface area contributed by atoms with Crippen molar-refractivity contribution in [2.45, 2.75) is 6.42 Å². The average molecular weight is 339 g/mol. The van der Waals surface area contributed by atoms with Crippen molar-refractivity contribution in [3.8, 4) is 5.75 Å². The first-order chi connectivity index (χ1) is 10.7. The quantitative estimate of drug-likeness (QED) is 0.523. The maximum absolute atomic E-state index is 12.4. The minimum atomic E-state index is -4.85. The summed E-state index contributed by atoms with van der Waals surface area (Å²) in [6.45, 7) is 0. The molecule has 2 rings (SSSR count). The van der Waals surface area contributed by atoms with Crippen LogP contribution >= 0.6 is 7.75 Å². The summed E-state index contributed by atoms with van der Waals surface area (Å²) in [7, 11) is -4.85.